The molecule has 2 aromatic rings. The van der Waals surface area contributed by atoms with Gasteiger partial charge >= 0.3 is 5.97 Å². The van der Waals surface area contributed by atoms with E-state index in [0.29, 0.717) is 17.2 Å². The summed E-state index contributed by atoms with van der Waals surface area (Å²) in [6.45, 7) is 5.81. The van der Waals surface area contributed by atoms with Crippen LogP contribution in [0.4, 0.5) is 5.69 Å². The third kappa shape index (κ3) is 5.04. The van der Waals surface area contributed by atoms with Crippen LogP contribution in [-0.2, 0) is 16.1 Å². The van der Waals surface area contributed by atoms with Crippen LogP contribution in [0.2, 0.25) is 0 Å². The highest BCUT2D eigenvalue weighted by atomic mass is 16.6. The van der Waals surface area contributed by atoms with Gasteiger partial charge in [-0.2, -0.15) is 0 Å². The van der Waals surface area contributed by atoms with Gasteiger partial charge in [0.25, 0.3) is 5.69 Å². The van der Waals surface area contributed by atoms with E-state index in [9.17, 15) is 14.9 Å². The summed E-state index contributed by atoms with van der Waals surface area (Å²) < 4.78 is 10.5. The van der Waals surface area contributed by atoms with Crippen LogP contribution >= 0.6 is 0 Å². The first-order valence-corrected chi connectivity index (χ1v) is 7.99. The number of hydrogen-bond donors (Lipinski definition) is 0. The molecule has 0 fully saturated rings. The van der Waals surface area contributed by atoms with Gasteiger partial charge in [-0.3, -0.25) is 10.1 Å². The molecule has 0 aliphatic carbocycles. The Morgan fingerprint density at radius 1 is 1.20 bits per heavy atom. The van der Waals surface area contributed by atoms with Crippen molar-refractivity contribution in [1.82, 2.24) is 0 Å². The van der Waals surface area contributed by atoms with Gasteiger partial charge in [0.05, 0.1) is 10.5 Å². The highest BCUT2D eigenvalue weighted by Gasteiger charge is 2.14. The third-order valence-corrected chi connectivity index (χ3v) is 3.80. The van der Waals surface area contributed by atoms with Gasteiger partial charge in [0.15, 0.2) is 6.61 Å². The van der Waals surface area contributed by atoms with E-state index in [1.54, 1.807) is 18.2 Å². The first-order valence-electron chi connectivity index (χ1n) is 7.99. The number of hydrogen-bond acceptors (Lipinski definition) is 5. The summed E-state index contributed by atoms with van der Waals surface area (Å²) in [6, 6.07) is 11.8. The zero-order valence-electron chi connectivity index (χ0n) is 14.5. The molecule has 0 saturated carbocycles. The van der Waals surface area contributed by atoms with Gasteiger partial charge in [-0.15, -0.1) is 0 Å². The fourth-order valence-electron chi connectivity index (χ4n) is 2.54. The summed E-state index contributed by atoms with van der Waals surface area (Å²) in [5, 5.41) is 10.9. The maximum absolute atomic E-state index is 11.8. The largest absolute Gasteiger partial charge is 0.482 e. The molecule has 0 unspecified atom stereocenters. The van der Waals surface area contributed by atoms with Gasteiger partial charge < -0.3 is 9.47 Å². The van der Waals surface area contributed by atoms with Gasteiger partial charge in [-0.25, -0.2) is 4.79 Å². The zero-order chi connectivity index (χ0) is 18.4. The molecule has 0 radical (unpaired) electrons. The van der Waals surface area contributed by atoms with Crippen molar-refractivity contribution >= 4 is 11.7 Å². The lowest BCUT2D eigenvalue weighted by atomic mass is 9.98. The van der Waals surface area contributed by atoms with E-state index in [-0.39, 0.29) is 18.9 Å². The normalized spacial score (nSPS) is 10.6. The van der Waals surface area contributed by atoms with Crippen LogP contribution in [0, 0.1) is 17.0 Å². The van der Waals surface area contributed by atoms with Crippen molar-refractivity contribution < 1.29 is 19.2 Å². The number of carbonyl (C=O) groups excluding carboxylic acids is 1. The molecule has 0 aromatic heterocycles. The molecule has 6 nitrogen and oxygen atoms in total. The Balaban J connectivity index is 1.89. The first kappa shape index (κ1) is 18.4. The van der Waals surface area contributed by atoms with Crippen molar-refractivity contribution in [3.8, 4) is 5.75 Å². The van der Waals surface area contributed by atoms with E-state index in [1.165, 1.54) is 11.6 Å². The maximum atomic E-state index is 11.8. The minimum atomic E-state index is -0.580. The Hall–Kier alpha value is -2.89. The van der Waals surface area contributed by atoms with Crippen LogP contribution in [0.15, 0.2) is 42.5 Å². The second-order valence-electron chi connectivity index (χ2n) is 6.01. The molecule has 0 atom stereocenters. The summed E-state index contributed by atoms with van der Waals surface area (Å²) in [6.07, 6.45) is 0. The van der Waals surface area contributed by atoms with Crippen molar-refractivity contribution in [2.45, 2.75) is 33.3 Å². The smallest absolute Gasteiger partial charge is 0.344 e. The number of ether oxygens (including phenoxy) is 2. The monoisotopic (exact) mass is 343 g/mol. The van der Waals surface area contributed by atoms with Gasteiger partial charge in [-0.1, -0.05) is 32.0 Å². The average molecular weight is 343 g/mol. The number of carbonyl (C=O) groups is 1. The van der Waals surface area contributed by atoms with Crippen LogP contribution in [0.5, 0.6) is 5.75 Å². The lowest BCUT2D eigenvalue weighted by Gasteiger charge is -2.12. The number of nitro groups is 1. The lowest BCUT2D eigenvalue weighted by Crippen LogP contribution is -2.15. The Morgan fingerprint density at radius 2 is 1.92 bits per heavy atom. The molecule has 132 valence electrons. The summed E-state index contributed by atoms with van der Waals surface area (Å²) in [7, 11) is 0. The van der Waals surface area contributed by atoms with Gasteiger partial charge in [0.1, 0.15) is 12.4 Å². The quantitative estimate of drug-likeness (QED) is 0.429. The standard InChI is InChI=1S/C19H21NO5/c1-13(2)17-9-8-16(10-14(17)3)24-12-19(21)25-11-15-6-4-5-7-18(15)20(22)23/h4-10,13H,11-12H2,1-3H3. The Labute approximate surface area is 146 Å². The molecule has 2 aromatic carbocycles. The van der Waals surface area contributed by atoms with Crippen LogP contribution in [-0.4, -0.2) is 17.5 Å². The molecular weight excluding hydrogens is 322 g/mol. The van der Waals surface area contributed by atoms with Gasteiger partial charge in [0.2, 0.25) is 0 Å². The van der Waals surface area contributed by atoms with Gasteiger partial charge in [0, 0.05) is 6.07 Å². The Bertz CT molecular complexity index is 770. The van der Waals surface area contributed by atoms with Crippen LogP contribution < -0.4 is 4.74 Å². The second kappa shape index (κ2) is 8.28. The molecule has 2 rings (SSSR count). The van der Waals surface area contributed by atoms with E-state index in [2.05, 4.69) is 13.8 Å². The number of nitro benzene ring substituents is 1. The minimum absolute atomic E-state index is 0.0730. The topological polar surface area (TPSA) is 78.7 Å². The number of para-hydroxylation sites is 1. The number of benzene rings is 2. The predicted octanol–water partition coefficient (Wildman–Crippen LogP) is 4.15. The summed E-state index contributed by atoms with van der Waals surface area (Å²) in [4.78, 5) is 22.2. The van der Waals surface area contributed by atoms with E-state index in [1.807, 2.05) is 25.1 Å². The SMILES string of the molecule is Cc1cc(OCC(=O)OCc2ccccc2[N+](=O)[O-])ccc1C(C)C. The molecule has 0 heterocycles. The van der Waals surface area contributed by atoms with Crippen molar-refractivity contribution in [1.29, 1.82) is 0 Å². The summed E-state index contributed by atoms with van der Waals surface area (Å²) in [5.74, 6) is 0.425. The number of aryl methyl sites for hydroxylation is 1. The van der Waals surface area contributed by atoms with E-state index in [4.69, 9.17) is 9.47 Å². The molecule has 0 saturated heterocycles. The van der Waals surface area contributed by atoms with Crippen LogP contribution in [0.3, 0.4) is 0 Å². The fourth-order valence-corrected chi connectivity index (χ4v) is 2.54. The second-order valence-corrected chi connectivity index (χ2v) is 6.01. The lowest BCUT2D eigenvalue weighted by molar-refractivity contribution is -0.385. The summed E-state index contributed by atoms with van der Waals surface area (Å²) >= 11 is 0. The Morgan fingerprint density at radius 3 is 2.56 bits per heavy atom. The Kier molecular flexibility index (Phi) is 6.11. The predicted molar refractivity (Wildman–Crippen MR) is 93.7 cm³/mol. The molecule has 0 amide bonds. The van der Waals surface area contributed by atoms with Crippen LogP contribution in [0.25, 0.3) is 0 Å². The molecule has 25 heavy (non-hydrogen) atoms. The van der Waals surface area contributed by atoms with Crippen molar-refractivity contribution in [3.05, 3.63) is 69.3 Å². The molecule has 0 aliphatic heterocycles. The van der Waals surface area contributed by atoms with Crippen molar-refractivity contribution in [2.24, 2.45) is 0 Å². The van der Waals surface area contributed by atoms with Crippen molar-refractivity contribution in [3.63, 3.8) is 0 Å². The molecule has 0 N–H and O–H groups in total. The maximum Gasteiger partial charge on any atom is 0.344 e. The third-order valence-electron chi connectivity index (χ3n) is 3.80. The van der Waals surface area contributed by atoms with E-state index >= 15 is 0 Å². The number of esters is 1. The molecule has 0 aliphatic rings. The zero-order valence-corrected chi connectivity index (χ0v) is 14.5. The molecule has 6 heteroatoms. The highest BCUT2D eigenvalue weighted by Crippen LogP contribution is 2.23. The molecular formula is C19H21NO5. The molecule has 0 bridgehead atoms. The van der Waals surface area contributed by atoms with Crippen molar-refractivity contribution in [2.75, 3.05) is 6.61 Å². The van der Waals surface area contributed by atoms with Crippen LogP contribution in [0.1, 0.15) is 36.5 Å². The molecule has 0 spiro atoms. The average Bonchev–Trinajstić information content (AvgIpc) is 2.58. The summed E-state index contributed by atoms with van der Waals surface area (Å²) in [5.41, 5.74) is 2.60. The van der Waals surface area contributed by atoms with E-state index < -0.39 is 10.9 Å². The first-order chi connectivity index (χ1) is 11.9. The number of rotatable bonds is 7. The fraction of sp³-hybridized carbons (Fsp3) is 0.316. The minimum Gasteiger partial charge on any atom is -0.482 e. The van der Waals surface area contributed by atoms with E-state index in [0.717, 1.165) is 5.56 Å². The van der Waals surface area contributed by atoms with Gasteiger partial charge in [-0.05, 0) is 42.2 Å². The number of nitrogens with zero attached hydrogens (tertiary/aromatic N) is 1. The highest BCUT2D eigenvalue weighted by molar-refractivity contribution is 5.71.